The van der Waals surface area contributed by atoms with Crippen molar-refractivity contribution >= 4 is 10.2 Å². The van der Waals surface area contributed by atoms with Gasteiger partial charge in [-0.3, -0.25) is 0 Å². The van der Waals surface area contributed by atoms with Crippen LogP contribution in [0.15, 0.2) is 0 Å². The molecule has 0 saturated carbocycles. The summed E-state index contributed by atoms with van der Waals surface area (Å²) < 4.78 is 28.4. The van der Waals surface area contributed by atoms with E-state index in [2.05, 4.69) is 19.2 Å². The molecule has 1 saturated heterocycles. The SMILES string of the molecule is CNCC1CCCN(S(=O)(=O)N(C)C(C)C(C)C)C1. The highest BCUT2D eigenvalue weighted by Gasteiger charge is 2.34. The average Bonchev–Trinajstić information content (AvgIpc) is 2.37. The molecule has 0 aromatic rings. The number of nitrogens with zero attached hydrogens (tertiary/aromatic N) is 2. The monoisotopic (exact) mass is 291 g/mol. The van der Waals surface area contributed by atoms with Crippen molar-refractivity contribution in [1.29, 1.82) is 0 Å². The van der Waals surface area contributed by atoms with Gasteiger partial charge in [-0.15, -0.1) is 0 Å². The van der Waals surface area contributed by atoms with E-state index in [0.29, 0.717) is 24.9 Å². The van der Waals surface area contributed by atoms with E-state index in [1.54, 1.807) is 11.4 Å². The molecule has 0 amide bonds. The van der Waals surface area contributed by atoms with Crippen molar-refractivity contribution in [2.75, 3.05) is 33.7 Å². The summed E-state index contributed by atoms with van der Waals surface area (Å²) in [5.74, 6) is 0.744. The Labute approximate surface area is 118 Å². The maximum atomic E-state index is 12.6. The minimum atomic E-state index is -3.32. The summed E-state index contributed by atoms with van der Waals surface area (Å²) in [5.41, 5.74) is 0. The van der Waals surface area contributed by atoms with E-state index in [4.69, 9.17) is 0 Å². The fraction of sp³-hybridized carbons (Fsp3) is 1.00. The van der Waals surface area contributed by atoms with Gasteiger partial charge in [0.1, 0.15) is 0 Å². The molecular formula is C13H29N3O2S. The van der Waals surface area contributed by atoms with Crippen LogP contribution in [0.5, 0.6) is 0 Å². The van der Waals surface area contributed by atoms with E-state index in [1.165, 1.54) is 4.31 Å². The molecule has 1 N–H and O–H groups in total. The predicted molar refractivity (Wildman–Crippen MR) is 79.2 cm³/mol. The number of rotatable bonds is 6. The van der Waals surface area contributed by atoms with Gasteiger partial charge in [0, 0.05) is 26.2 Å². The van der Waals surface area contributed by atoms with Crippen LogP contribution >= 0.6 is 0 Å². The third-order valence-corrected chi connectivity index (χ3v) is 6.25. The highest BCUT2D eigenvalue weighted by Crippen LogP contribution is 2.22. The highest BCUT2D eigenvalue weighted by atomic mass is 32.2. The Balaban J connectivity index is 2.76. The van der Waals surface area contributed by atoms with Crippen LogP contribution in [0, 0.1) is 11.8 Å². The second-order valence-corrected chi connectivity index (χ2v) is 7.92. The molecule has 1 fully saturated rings. The lowest BCUT2D eigenvalue weighted by atomic mass is 10.00. The molecule has 1 rings (SSSR count). The van der Waals surface area contributed by atoms with Crippen LogP contribution in [-0.4, -0.2) is 56.8 Å². The van der Waals surface area contributed by atoms with Crippen molar-refractivity contribution in [3.63, 3.8) is 0 Å². The minimum Gasteiger partial charge on any atom is -0.319 e. The molecule has 2 unspecified atom stereocenters. The summed E-state index contributed by atoms with van der Waals surface area (Å²) in [6.07, 6.45) is 2.06. The van der Waals surface area contributed by atoms with Gasteiger partial charge in [0.25, 0.3) is 10.2 Å². The van der Waals surface area contributed by atoms with Gasteiger partial charge in [0.15, 0.2) is 0 Å². The van der Waals surface area contributed by atoms with Crippen molar-refractivity contribution in [2.45, 2.75) is 39.7 Å². The van der Waals surface area contributed by atoms with Crippen LogP contribution < -0.4 is 5.32 Å². The normalized spacial score (nSPS) is 24.1. The van der Waals surface area contributed by atoms with Crippen LogP contribution in [0.3, 0.4) is 0 Å². The topological polar surface area (TPSA) is 52.7 Å². The third kappa shape index (κ3) is 4.15. The quantitative estimate of drug-likeness (QED) is 0.798. The van der Waals surface area contributed by atoms with Crippen molar-refractivity contribution in [3.05, 3.63) is 0 Å². The molecule has 0 aromatic carbocycles. The summed E-state index contributed by atoms with van der Waals surface area (Å²) in [4.78, 5) is 0. The molecule has 0 spiro atoms. The van der Waals surface area contributed by atoms with Gasteiger partial charge in [-0.25, -0.2) is 0 Å². The van der Waals surface area contributed by atoms with Crippen molar-refractivity contribution in [3.8, 4) is 0 Å². The summed E-state index contributed by atoms with van der Waals surface area (Å²) >= 11 is 0. The van der Waals surface area contributed by atoms with Gasteiger partial charge in [0.05, 0.1) is 0 Å². The second-order valence-electron chi connectivity index (χ2n) is 5.93. The molecule has 19 heavy (non-hydrogen) atoms. The largest absolute Gasteiger partial charge is 0.319 e. The molecule has 1 aliphatic rings. The minimum absolute atomic E-state index is 0.0228. The Morgan fingerprint density at radius 1 is 1.37 bits per heavy atom. The van der Waals surface area contributed by atoms with Crippen molar-refractivity contribution in [1.82, 2.24) is 13.9 Å². The number of nitrogens with one attached hydrogen (secondary N) is 1. The Hall–Kier alpha value is -0.170. The van der Waals surface area contributed by atoms with E-state index >= 15 is 0 Å². The van der Waals surface area contributed by atoms with E-state index in [1.807, 2.05) is 14.0 Å². The molecule has 1 heterocycles. The fourth-order valence-corrected chi connectivity index (χ4v) is 4.29. The first-order valence-electron chi connectivity index (χ1n) is 7.18. The van der Waals surface area contributed by atoms with E-state index in [0.717, 1.165) is 19.4 Å². The Kier molecular flexibility index (Phi) is 6.23. The lowest BCUT2D eigenvalue weighted by Crippen LogP contribution is -2.51. The summed E-state index contributed by atoms with van der Waals surface area (Å²) in [7, 11) is 0.295. The fourth-order valence-electron chi connectivity index (χ4n) is 2.50. The first kappa shape index (κ1) is 16.9. The third-order valence-electron chi connectivity index (χ3n) is 4.20. The zero-order valence-electron chi connectivity index (χ0n) is 12.9. The lowest BCUT2D eigenvalue weighted by Gasteiger charge is -2.37. The molecule has 0 bridgehead atoms. The molecule has 6 heteroatoms. The summed E-state index contributed by atoms with van der Waals surface area (Å²) in [5, 5.41) is 3.14. The molecule has 5 nitrogen and oxygen atoms in total. The number of hydrogen-bond acceptors (Lipinski definition) is 3. The van der Waals surface area contributed by atoms with Gasteiger partial charge in [-0.1, -0.05) is 13.8 Å². The van der Waals surface area contributed by atoms with Crippen molar-refractivity contribution in [2.24, 2.45) is 11.8 Å². The smallest absolute Gasteiger partial charge is 0.281 e. The van der Waals surface area contributed by atoms with Gasteiger partial charge in [0.2, 0.25) is 0 Å². The Morgan fingerprint density at radius 3 is 2.53 bits per heavy atom. The van der Waals surface area contributed by atoms with Crippen LogP contribution in [0.25, 0.3) is 0 Å². The molecule has 0 aromatic heterocycles. The molecular weight excluding hydrogens is 262 g/mol. The summed E-state index contributed by atoms with van der Waals surface area (Å²) in [6.45, 7) is 8.25. The zero-order valence-corrected chi connectivity index (χ0v) is 13.7. The van der Waals surface area contributed by atoms with Crippen LogP contribution in [0.2, 0.25) is 0 Å². The van der Waals surface area contributed by atoms with Gasteiger partial charge in [-0.2, -0.15) is 17.0 Å². The molecule has 2 atom stereocenters. The Morgan fingerprint density at radius 2 is 2.00 bits per heavy atom. The zero-order chi connectivity index (χ0) is 14.6. The van der Waals surface area contributed by atoms with Crippen LogP contribution in [0.1, 0.15) is 33.6 Å². The first-order valence-corrected chi connectivity index (χ1v) is 8.58. The Bertz CT molecular complexity index is 368. The standard InChI is InChI=1S/C13H29N3O2S/c1-11(2)12(3)15(5)19(17,18)16-8-6-7-13(10-16)9-14-4/h11-14H,6-10H2,1-5H3. The molecule has 1 aliphatic heterocycles. The molecule has 0 aliphatic carbocycles. The number of hydrogen-bond donors (Lipinski definition) is 1. The van der Waals surface area contributed by atoms with E-state index in [9.17, 15) is 8.42 Å². The predicted octanol–water partition coefficient (Wildman–Crippen LogP) is 1.14. The van der Waals surface area contributed by atoms with Crippen LogP contribution in [0.4, 0.5) is 0 Å². The highest BCUT2D eigenvalue weighted by molar-refractivity contribution is 7.86. The van der Waals surface area contributed by atoms with E-state index < -0.39 is 10.2 Å². The second kappa shape index (κ2) is 7.02. The first-order chi connectivity index (χ1) is 8.80. The molecule has 0 radical (unpaired) electrons. The lowest BCUT2D eigenvalue weighted by molar-refractivity contribution is 0.231. The van der Waals surface area contributed by atoms with E-state index in [-0.39, 0.29) is 6.04 Å². The van der Waals surface area contributed by atoms with Gasteiger partial charge >= 0.3 is 0 Å². The van der Waals surface area contributed by atoms with Gasteiger partial charge in [-0.05, 0) is 45.2 Å². The average molecular weight is 291 g/mol. The molecule has 114 valence electrons. The maximum absolute atomic E-state index is 12.6. The number of piperidine rings is 1. The van der Waals surface area contributed by atoms with Crippen LogP contribution in [-0.2, 0) is 10.2 Å². The summed E-state index contributed by atoms with van der Waals surface area (Å²) in [6, 6.07) is 0.0228. The van der Waals surface area contributed by atoms with Gasteiger partial charge < -0.3 is 5.32 Å². The maximum Gasteiger partial charge on any atom is 0.281 e. The van der Waals surface area contributed by atoms with Crippen molar-refractivity contribution < 1.29 is 8.42 Å².